The molecule has 17 heavy (non-hydrogen) atoms. The second-order valence-electron chi connectivity index (χ2n) is 5.03. The minimum Gasteiger partial charge on any atom is -0.454 e. The zero-order chi connectivity index (χ0) is 11.8. The third-order valence-electron chi connectivity index (χ3n) is 4.11. The quantitative estimate of drug-likeness (QED) is 0.801. The molecule has 3 nitrogen and oxygen atoms in total. The largest absolute Gasteiger partial charge is 0.454 e. The highest BCUT2D eigenvalue weighted by molar-refractivity contribution is 5.45. The van der Waals surface area contributed by atoms with Crippen LogP contribution in [-0.4, -0.2) is 30.8 Å². The van der Waals surface area contributed by atoms with Crippen LogP contribution in [0.15, 0.2) is 18.2 Å². The summed E-state index contributed by atoms with van der Waals surface area (Å²) in [6, 6.07) is 6.92. The molecule has 0 unspecified atom stereocenters. The van der Waals surface area contributed by atoms with Crippen molar-refractivity contribution in [1.29, 1.82) is 0 Å². The Labute approximate surface area is 102 Å². The van der Waals surface area contributed by atoms with E-state index in [2.05, 4.69) is 30.9 Å². The Morgan fingerprint density at radius 1 is 1.12 bits per heavy atom. The van der Waals surface area contributed by atoms with Crippen LogP contribution in [0, 0.1) is 0 Å². The number of hydrogen-bond donors (Lipinski definition) is 0. The first-order chi connectivity index (χ1) is 8.25. The van der Waals surface area contributed by atoms with Crippen LogP contribution < -0.4 is 9.47 Å². The normalized spacial score (nSPS) is 22.0. The first-order valence-electron chi connectivity index (χ1n) is 6.39. The molecule has 0 saturated carbocycles. The molecule has 0 aliphatic carbocycles. The second kappa shape index (κ2) is 4.22. The molecule has 3 heteroatoms. The number of rotatable bonds is 3. The number of ether oxygens (including phenoxy) is 2. The third kappa shape index (κ3) is 1.89. The second-order valence-corrected chi connectivity index (χ2v) is 5.03. The van der Waals surface area contributed by atoms with Gasteiger partial charge in [-0.3, -0.25) is 4.90 Å². The lowest BCUT2D eigenvalue weighted by molar-refractivity contribution is 0.113. The summed E-state index contributed by atoms with van der Waals surface area (Å²) < 4.78 is 10.8. The average Bonchev–Trinajstić information content (AvgIpc) is 2.72. The van der Waals surface area contributed by atoms with Gasteiger partial charge in [0, 0.05) is 6.04 Å². The molecule has 1 aromatic carbocycles. The van der Waals surface area contributed by atoms with Crippen LogP contribution in [0.1, 0.15) is 31.7 Å². The topological polar surface area (TPSA) is 21.7 Å². The van der Waals surface area contributed by atoms with Crippen molar-refractivity contribution in [2.75, 3.05) is 19.9 Å². The molecule has 0 spiro atoms. The maximum Gasteiger partial charge on any atom is 0.231 e. The number of fused-ring (bicyclic) bond motifs is 1. The van der Waals surface area contributed by atoms with E-state index in [1.54, 1.807) is 0 Å². The summed E-state index contributed by atoms with van der Waals surface area (Å²) in [5, 5.41) is 0. The van der Waals surface area contributed by atoms with Crippen molar-refractivity contribution in [3.8, 4) is 11.5 Å². The lowest BCUT2D eigenvalue weighted by Gasteiger charge is -2.39. The van der Waals surface area contributed by atoms with Crippen LogP contribution in [0.4, 0.5) is 0 Å². The molecule has 1 saturated heterocycles. The van der Waals surface area contributed by atoms with Gasteiger partial charge in [-0.25, -0.2) is 0 Å². The number of likely N-dealkylation sites (tertiary alicyclic amines) is 1. The molecule has 0 N–H and O–H groups in total. The SMILES string of the molecule is C[C@@H](c1ccc2c(c1)OCO2)[C@H](C)N1CCC1. The lowest BCUT2D eigenvalue weighted by Crippen LogP contribution is -2.45. The van der Waals surface area contributed by atoms with Gasteiger partial charge in [-0.15, -0.1) is 0 Å². The van der Waals surface area contributed by atoms with Crippen molar-refractivity contribution in [2.24, 2.45) is 0 Å². The van der Waals surface area contributed by atoms with Crippen LogP contribution in [0.25, 0.3) is 0 Å². The zero-order valence-corrected chi connectivity index (χ0v) is 10.5. The van der Waals surface area contributed by atoms with Gasteiger partial charge in [-0.1, -0.05) is 13.0 Å². The minimum absolute atomic E-state index is 0.356. The number of benzene rings is 1. The molecule has 92 valence electrons. The first-order valence-corrected chi connectivity index (χ1v) is 6.39. The Hall–Kier alpha value is -1.22. The van der Waals surface area contributed by atoms with Crippen molar-refractivity contribution < 1.29 is 9.47 Å². The molecule has 0 bridgehead atoms. The van der Waals surface area contributed by atoms with E-state index in [0.717, 1.165) is 11.5 Å². The molecule has 0 aromatic heterocycles. The van der Waals surface area contributed by atoms with Gasteiger partial charge >= 0.3 is 0 Å². The summed E-state index contributed by atoms with van der Waals surface area (Å²) in [4.78, 5) is 2.54. The summed E-state index contributed by atoms with van der Waals surface area (Å²) in [6.45, 7) is 7.45. The number of hydrogen-bond acceptors (Lipinski definition) is 3. The Morgan fingerprint density at radius 3 is 2.59 bits per heavy atom. The molecule has 3 rings (SSSR count). The van der Waals surface area contributed by atoms with Gasteiger partial charge in [0.05, 0.1) is 0 Å². The summed E-state index contributed by atoms with van der Waals surface area (Å²) in [7, 11) is 0. The molecular weight excluding hydrogens is 214 g/mol. The summed E-state index contributed by atoms with van der Waals surface area (Å²) >= 11 is 0. The van der Waals surface area contributed by atoms with Gasteiger partial charge in [0.15, 0.2) is 11.5 Å². The van der Waals surface area contributed by atoms with Gasteiger partial charge in [0.1, 0.15) is 0 Å². The highest BCUT2D eigenvalue weighted by Crippen LogP contribution is 2.36. The van der Waals surface area contributed by atoms with Crippen molar-refractivity contribution in [1.82, 2.24) is 4.90 Å². The smallest absolute Gasteiger partial charge is 0.231 e. The molecule has 0 amide bonds. The van der Waals surface area contributed by atoms with Crippen molar-refractivity contribution in [2.45, 2.75) is 32.2 Å². The third-order valence-corrected chi connectivity index (χ3v) is 4.11. The van der Waals surface area contributed by atoms with Gasteiger partial charge in [-0.2, -0.15) is 0 Å². The van der Waals surface area contributed by atoms with Gasteiger partial charge in [0.2, 0.25) is 6.79 Å². The minimum atomic E-state index is 0.356. The van der Waals surface area contributed by atoms with Gasteiger partial charge < -0.3 is 9.47 Å². The Kier molecular flexibility index (Phi) is 2.71. The van der Waals surface area contributed by atoms with E-state index in [4.69, 9.17) is 9.47 Å². The van der Waals surface area contributed by atoms with Crippen LogP contribution in [0.5, 0.6) is 11.5 Å². The molecule has 0 radical (unpaired) electrons. The Balaban J connectivity index is 1.78. The van der Waals surface area contributed by atoms with E-state index < -0.39 is 0 Å². The average molecular weight is 233 g/mol. The highest BCUT2D eigenvalue weighted by Gasteiger charge is 2.26. The molecule has 1 fully saturated rings. The van der Waals surface area contributed by atoms with E-state index in [9.17, 15) is 0 Å². The molecule has 2 aliphatic rings. The van der Waals surface area contributed by atoms with Gasteiger partial charge in [0.25, 0.3) is 0 Å². The standard InChI is InChI=1S/C14H19NO2/c1-10(11(2)15-6-3-7-15)12-4-5-13-14(8-12)17-9-16-13/h4-5,8,10-11H,3,6-7,9H2,1-2H3/t10-,11+/m1/s1. The monoisotopic (exact) mass is 233 g/mol. The molecule has 2 aliphatic heterocycles. The molecular formula is C14H19NO2. The summed E-state index contributed by atoms with van der Waals surface area (Å²) in [5.41, 5.74) is 1.34. The van der Waals surface area contributed by atoms with Crippen molar-refractivity contribution in [3.63, 3.8) is 0 Å². The van der Waals surface area contributed by atoms with Crippen LogP contribution in [-0.2, 0) is 0 Å². The fourth-order valence-electron chi connectivity index (χ4n) is 2.54. The predicted molar refractivity (Wildman–Crippen MR) is 66.6 cm³/mol. The zero-order valence-electron chi connectivity index (χ0n) is 10.5. The van der Waals surface area contributed by atoms with E-state index in [0.29, 0.717) is 18.8 Å². The lowest BCUT2D eigenvalue weighted by atomic mass is 9.91. The van der Waals surface area contributed by atoms with E-state index >= 15 is 0 Å². The Bertz CT molecular complexity index is 415. The number of nitrogens with zero attached hydrogens (tertiary/aromatic N) is 1. The molecule has 2 atom stereocenters. The first kappa shape index (κ1) is 10.9. The van der Waals surface area contributed by atoms with Crippen LogP contribution >= 0.6 is 0 Å². The molecule has 2 heterocycles. The summed E-state index contributed by atoms with van der Waals surface area (Å²) in [5.74, 6) is 2.30. The van der Waals surface area contributed by atoms with E-state index in [-0.39, 0.29) is 0 Å². The summed E-state index contributed by atoms with van der Waals surface area (Å²) in [6.07, 6.45) is 1.35. The maximum atomic E-state index is 5.43. The van der Waals surface area contributed by atoms with Gasteiger partial charge in [-0.05, 0) is 50.0 Å². The predicted octanol–water partition coefficient (Wildman–Crippen LogP) is 2.61. The van der Waals surface area contributed by atoms with E-state index in [1.807, 2.05) is 6.07 Å². The maximum absolute atomic E-state index is 5.43. The van der Waals surface area contributed by atoms with Crippen LogP contribution in [0.2, 0.25) is 0 Å². The van der Waals surface area contributed by atoms with Crippen molar-refractivity contribution in [3.05, 3.63) is 23.8 Å². The Morgan fingerprint density at radius 2 is 1.88 bits per heavy atom. The molecule has 1 aromatic rings. The van der Waals surface area contributed by atoms with Crippen LogP contribution in [0.3, 0.4) is 0 Å². The van der Waals surface area contributed by atoms with E-state index in [1.165, 1.54) is 25.1 Å². The fourth-order valence-corrected chi connectivity index (χ4v) is 2.54. The highest BCUT2D eigenvalue weighted by atomic mass is 16.7. The fraction of sp³-hybridized carbons (Fsp3) is 0.571. The van der Waals surface area contributed by atoms with Crippen molar-refractivity contribution >= 4 is 0 Å².